The van der Waals surface area contributed by atoms with Crippen molar-refractivity contribution in [2.24, 2.45) is 0 Å². The molecule has 0 spiro atoms. The lowest BCUT2D eigenvalue weighted by Gasteiger charge is -2.11. The van der Waals surface area contributed by atoms with E-state index in [9.17, 15) is 9.50 Å². The second kappa shape index (κ2) is 5.48. The van der Waals surface area contributed by atoms with Crippen LogP contribution in [0.5, 0.6) is 0 Å². The summed E-state index contributed by atoms with van der Waals surface area (Å²) >= 11 is 10.5. The fraction of sp³-hybridized carbons (Fsp3) is 0.167. The molecule has 0 aliphatic carbocycles. The normalized spacial score (nSPS) is 12.7. The average Bonchev–Trinajstić information content (AvgIpc) is 2.68. The first-order chi connectivity index (χ1) is 8.08. The summed E-state index contributed by atoms with van der Waals surface area (Å²) < 4.78 is 14.6. The van der Waals surface area contributed by atoms with E-state index in [2.05, 4.69) is 15.9 Å². The first-order valence-electron chi connectivity index (χ1n) is 4.93. The van der Waals surface area contributed by atoms with Gasteiger partial charge in [-0.2, -0.15) is 0 Å². The molecule has 1 N–H and O–H groups in total. The Hall–Kier alpha value is -0.420. The smallest absolute Gasteiger partial charge is 0.147 e. The minimum atomic E-state index is -0.876. The van der Waals surface area contributed by atoms with Crippen molar-refractivity contribution in [3.05, 3.63) is 55.4 Å². The molecule has 1 aromatic heterocycles. The van der Waals surface area contributed by atoms with Crippen LogP contribution in [0.2, 0.25) is 5.02 Å². The molecule has 1 unspecified atom stereocenters. The molecule has 17 heavy (non-hydrogen) atoms. The van der Waals surface area contributed by atoms with Gasteiger partial charge in [-0.3, -0.25) is 0 Å². The second-order valence-electron chi connectivity index (χ2n) is 3.59. The third kappa shape index (κ3) is 3.07. The van der Waals surface area contributed by atoms with E-state index in [1.807, 2.05) is 11.4 Å². The molecule has 90 valence electrons. The van der Waals surface area contributed by atoms with Gasteiger partial charge in [0.15, 0.2) is 0 Å². The molecule has 0 saturated heterocycles. The summed E-state index contributed by atoms with van der Waals surface area (Å²) in [6.07, 6.45) is -0.493. The van der Waals surface area contributed by atoms with Crippen LogP contribution in [0.1, 0.15) is 16.5 Å². The lowest BCUT2D eigenvalue weighted by atomic mass is 10.1. The first kappa shape index (κ1) is 13.0. The van der Waals surface area contributed by atoms with Crippen LogP contribution in [0.3, 0.4) is 0 Å². The summed E-state index contributed by atoms with van der Waals surface area (Å²) in [5.74, 6) is -0.544. The van der Waals surface area contributed by atoms with Crippen LogP contribution in [-0.2, 0) is 6.42 Å². The zero-order chi connectivity index (χ0) is 12.4. The van der Waals surface area contributed by atoms with Gasteiger partial charge in [0.05, 0.1) is 11.1 Å². The van der Waals surface area contributed by atoms with Gasteiger partial charge in [-0.1, -0.05) is 23.7 Å². The summed E-state index contributed by atoms with van der Waals surface area (Å²) in [6.45, 7) is 0. The summed E-state index contributed by atoms with van der Waals surface area (Å²) in [4.78, 5) is 0.990. The van der Waals surface area contributed by atoms with E-state index in [1.54, 1.807) is 12.1 Å². The van der Waals surface area contributed by atoms with Crippen LogP contribution in [-0.4, -0.2) is 5.11 Å². The molecule has 1 aromatic carbocycles. The molecule has 1 heterocycles. The van der Waals surface area contributed by atoms with E-state index in [0.717, 1.165) is 9.35 Å². The number of thiophene rings is 1. The fourth-order valence-electron chi connectivity index (χ4n) is 1.54. The quantitative estimate of drug-likeness (QED) is 0.870. The van der Waals surface area contributed by atoms with Gasteiger partial charge in [-0.05, 0) is 28.1 Å². The molecule has 0 radical (unpaired) electrons. The molecule has 2 rings (SSSR count). The largest absolute Gasteiger partial charge is 0.388 e. The van der Waals surface area contributed by atoms with Gasteiger partial charge in [0, 0.05) is 26.7 Å². The van der Waals surface area contributed by atoms with Crippen molar-refractivity contribution in [1.82, 2.24) is 0 Å². The van der Waals surface area contributed by atoms with Gasteiger partial charge < -0.3 is 5.11 Å². The van der Waals surface area contributed by atoms with Crippen molar-refractivity contribution in [2.75, 3.05) is 0 Å². The third-order valence-electron chi connectivity index (χ3n) is 2.36. The maximum Gasteiger partial charge on any atom is 0.147 e. The summed E-state index contributed by atoms with van der Waals surface area (Å²) in [5, 5.41) is 11.9. The number of halogens is 3. The highest BCUT2D eigenvalue weighted by Crippen LogP contribution is 2.28. The molecule has 0 bridgehead atoms. The fourth-order valence-corrected chi connectivity index (χ4v) is 3.21. The molecule has 0 amide bonds. The first-order valence-corrected chi connectivity index (χ1v) is 6.98. The molecular weight excluding hydrogens is 327 g/mol. The van der Waals surface area contributed by atoms with Crippen LogP contribution >= 0.6 is 38.9 Å². The van der Waals surface area contributed by atoms with Crippen LogP contribution < -0.4 is 0 Å². The summed E-state index contributed by atoms with van der Waals surface area (Å²) in [6, 6.07) is 6.56. The SMILES string of the molecule is OC(Cc1cc(Br)cs1)c1cccc(Cl)c1F. The van der Waals surface area contributed by atoms with Gasteiger partial charge in [-0.15, -0.1) is 11.3 Å². The van der Waals surface area contributed by atoms with E-state index in [0.29, 0.717) is 6.42 Å². The van der Waals surface area contributed by atoms with Gasteiger partial charge in [0.2, 0.25) is 0 Å². The molecule has 0 fully saturated rings. The molecule has 5 heteroatoms. The van der Waals surface area contributed by atoms with Crippen LogP contribution in [0.25, 0.3) is 0 Å². The zero-order valence-corrected chi connectivity index (χ0v) is 11.8. The van der Waals surface area contributed by atoms with E-state index >= 15 is 0 Å². The Bertz CT molecular complexity index is 529. The summed E-state index contributed by atoms with van der Waals surface area (Å²) in [7, 11) is 0. The van der Waals surface area contributed by atoms with Crippen molar-refractivity contribution in [3.8, 4) is 0 Å². The van der Waals surface area contributed by atoms with E-state index in [-0.39, 0.29) is 10.6 Å². The van der Waals surface area contributed by atoms with Gasteiger partial charge in [0.25, 0.3) is 0 Å². The molecular formula is C12H9BrClFOS. The predicted molar refractivity (Wildman–Crippen MR) is 72.1 cm³/mol. The van der Waals surface area contributed by atoms with Gasteiger partial charge in [0.1, 0.15) is 5.82 Å². The second-order valence-corrected chi connectivity index (χ2v) is 5.91. The van der Waals surface area contributed by atoms with E-state index in [4.69, 9.17) is 11.6 Å². The number of aliphatic hydroxyl groups excluding tert-OH is 1. The number of hydrogen-bond acceptors (Lipinski definition) is 2. The van der Waals surface area contributed by atoms with Crippen molar-refractivity contribution < 1.29 is 9.50 Å². The predicted octanol–water partition coefficient (Wildman–Crippen LogP) is 4.58. The highest BCUT2D eigenvalue weighted by Gasteiger charge is 2.16. The molecule has 0 aliphatic heterocycles. The standard InChI is InChI=1S/C12H9BrClFOS/c13-7-4-8(17-6-7)5-11(16)9-2-1-3-10(14)12(9)15/h1-4,6,11,16H,5H2. The lowest BCUT2D eigenvalue weighted by molar-refractivity contribution is 0.174. The Morgan fingerprint density at radius 1 is 1.47 bits per heavy atom. The maximum atomic E-state index is 13.7. The molecule has 1 atom stereocenters. The highest BCUT2D eigenvalue weighted by atomic mass is 79.9. The lowest BCUT2D eigenvalue weighted by Crippen LogP contribution is -2.03. The topological polar surface area (TPSA) is 20.2 Å². The highest BCUT2D eigenvalue weighted by molar-refractivity contribution is 9.10. The molecule has 2 aromatic rings. The van der Waals surface area contributed by atoms with Crippen molar-refractivity contribution in [1.29, 1.82) is 0 Å². The Morgan fingerprint density at radius 2 is 2.24 bits per heavy atom. The van der Waals surface area contributed by atoms with E-state index in [1.165, 1.54) is 17.4 Å². The Kier molecular flexibility index (Phi) is 4.20. The Morgan fingerprint density at radius 3 is 2.88 bits per heavy atom. The number of rotatable bonds is 3. The van der Waals surface area contributed by atoms with Crippen LogP contribution in [0.15, 0.2) is 34.1 Å². The van der Waals surface area contributed by atoms with E-state index < -0.39 is 11.9 Å². The van der Waals surface area contributed by atoms with Crippen molar-refractivity contribution >= 4 is 38.9 Å². The van der Waals surface area contributed by atoms with Crippen LogP contribution in [0, 0.1) is 5.82 Å². The summed E-state index contributed by atoms with van der Waals surface area (Å²) in [5.41, 5.74) is 0.238. The molecule has 1 nitrogen and oxygen atoms in total. The van der Waals surface area contributed by atoms with Crippen molar-refractivity contribution in [2.45, 2.75) is 12.5 Å². The number of hydrogen-bond donors (Lipinski definition) is 1. The monoisotopic (exact) mass is 334 g/mol. The minimum Gasteiger partial charge on any atom is -0.388 e. The molecule has 0 saturated carbocycles. The average molecular weight is 336 g/mol. The zero-order valence-electron chi connectivity index (χ0n) is 8.66. The third-order valence-corrected chi connectivity index (χ3v) is 4.37. The maximum absolute atomic E-state index is 13.7. The molecule has 0 aliphatic rings. The van der Waals surface area contributed by atoms with Crippen LogP contribution in [0.4, 0.5) is 4.39 Å². The Balaban J connectivity index is 2.20. The number of aliphatic hydroxyl groups is 1. The minimum absolute atomic E-state index is 0.0360. The van der Waals surface area contributed by atoms with Gasteiger partial charge >= 0.3 is 0 Å². The van der Waals surface area contributed by atoms with Crippen molar-refractivity contribution in [3.63, 3.8) is 0 Å². The number of benzene rings is 1. The Labute approximate surface area is 116 Å². The van der Waals surface area contributed by atoms with Gasteiger partial charge in [-0.25, -0.2) is 4.39 Å².